The predicted molar refractivity (Wildman–Crippen MR) is 128 cm³/mol. The average molecular weight is 444 g/mol. The van der Waals surface area contributed by atoms with E-state index in [0.29, 0.717) is 37.1 Å². The van der Waals surface area contributed by atoms with E-state index in [-0.39, 0.29) is 0 Å². The van der Waals surface area contributed by atoms with Gasteiger partial charge < -0.3 is 24.3 Å². The molecule has 0 unspecified atom stereocenters. The summed E-state index contributed by atoms with van der Waals surface area (Å²) in [4.78, 5) is 9.18. The third-order valence-electron chi connectivity index (χ3n) is 5.58. The highest BCUT2D eigenvalue weighted by atomic mass is 16.6. The number of rotatable bonds is 6. The third kappa shape index (κ3) is 4.22. The Morgan fingerprint density at radius 1 is 0.848 bits per heavy atom. The molecule has 7 heteroatoms. The van der Waals surface area contributed by atoms with Crippen LogP contribution in [0.1, 0.15) is 11.4 Å². The zero-order valence-corrected chi connectivity index (χ0v) is 18.8. The highest BCUT2D eigenvalue weighted by Crippen LogP contribution is 2.36. The van der Waals surface area contributed by atoms with Crippen LogP contribution in [0, 0.1) is 6.92 Å². The predicted octanol–water partition coefficient (Wildman–Crippen LogP) is 5.01. The fourth-order valence-corrected chi connectivity index (χ4v) is 3.98. The third-order valence-corrected chi connectivity index (χ3v) is 5.58. The standard InChI is InChI=1S/C26H25N3O4/c1-16-28-21-14-24(31-3)23(30-2)13-20(21)26(29-16)27-15-17-5-4-6-18(11-17)19-7-8-22-25(12-19)33-10-9-32-22/h4-8,11-14H,9-10,15H2,1-3H3,(H,27,28,29). The Morgan fingerprint density at radius 2 is 1.61 bits per heavy atom. The van der Waals surface area contributed by atoms with Crippen LogP contribution in [-0.2, 0) is 6.54 Å². The number of nitrogens with zero attached hydrogens (tertiary/aromatic N) is 2. The Labute approximate surface area is 192 Å². The van der Waals surface area contributed by atoms with Gasteiger partial charge in [0.05, 0.1) is 19.7 Å². The van der Waals surface area contributed by atoms with E-state index in [1.165, 1.54) is 0 Å². The van der Waals surface area contributed by atoms with Crippen LogP contribution in [0.25, 0.3) is 22.0 Å². The number of hydrogen-bond acceptors (Lipinski definition) is 7. The van der Waals surface area contributed by atoms with Crippen LogP contribution in [0.4, 0.5) is 5.82 Å². The first-order chi connectivity index (χ1) is 16.1. The van der Waals surface area contributed by atoms with Crippen molar-refractivity contribution in [1.82, 2.24) is 9.97 Å². The summed E-state index contributed by atoms with van der Waals surface area (Å²) >= 11 is 0. The van der Waals surface area contributed by atoms with Crippen molar-refractivity contribution in [2.75, 3.05) is 32.8 Å². The lowest BCUT2D eigenvalue weighted by Gasteiger charge is -2.19. The van der Waals surface area contributed by atoms with Crippen molar-refractivity contribution in [3.63, 3.8) is 0 Å². The smallest absolute Gasteiger partial charge is 0.162 e. The molecule has 0 fully saturated rings. The lowest BCUT2D eigenvalue weighted by atomic mass is 10.0. The van der Waals surface area contributed by atoms with Crippen LogP contribution in [-0.4, -0.2) is 37.4 Å². The van der Waals surface area contributed by atoms with Gasteiger partial charge in [-0.15, -0.1) is 0 Å². The van der Waals surface area contributed by atoms with Crippen LogP contribution in [0.2, 0.25) is 0 Å². The molecule has 0 amide bonds. The molecule has 168 valence electrons. The van der Waals surface area contributed by atoms with Gasteiger partial charge in [-0.2, -0.15) is 0 Å². The molecule has 0 saturated carbocycles. The fraction of sp³-hybridized carbons (Fsp3) is 0.231. The van der Waals surface area contributed by atoms with Gasteiger partial charge in [0.15, 0.2) is 23.0 Å². The van der Waals surface area contributed by atoms with Crippen LogP contribution in [0.15, 0.2) is 54.6 Å². The first-order valence-electron chi connectivity index (χ1n) is 10.8. The zero-order chi connectivity index (χ0) is 22.8. The molecule has 7 nitrogen and oxygen atoms in total. The first-order valence-corrected chi connectivity index (χ1v) is 10.8. The first kappa shape index (κ1) is 20.9. The van der Waals surface area contributed by atoms with Crippen LogP contribution >= 0.6 is 0 Å². The van der Waals surface area contributed by atoms with Gasteiger partial charge in [-0.1, -0.05) is 24.3 Å². The largest absolute Gasteiger partial charge is 0.493 e. The van der Waals surface area contributed by atoms with E-state index in [9.17, 15) is 0 Å². The summed E-state index contributed by atoms with van der Waals surface area (Å²) in [5, 5.41) is 4.35. The number of fused-ring (bicyclic) bond motifs is 2. The fourth-order valence-electron chi connectivity index (χ4n) is 3.98. The van der Waals surface area contributed by atoms with Gasteiger partial charge in [-0.3, -0.25) is 0 Å². The summed E-state index contributed by atoms with van der Waals surface area (Å²) in [6.45, 7) is 3.65. The highest BCUT2D eigenvalue weighted by Gasteiger charge is 2.14. The summed E-state index contributed by atoms with van der Waals surface area (Å²) in [7, 11) is 3.24. The number of anilines is 1. The Balaban J connectivity index is 1.42. The number of hydrogen-bond donors (Lipinski definition) is 1. The van der Waals surface area contributed by atoms with E-state index in [4.69, 9.17) is 18.9 Å². The minimum absolute atomic E-state index is 0.573. The van der Waals surface area contributed by atoms with Gasteiger partial charge in [-0.05, 0) is 47.9 Å². The molecule has 33 heavy (non-hydrogen) atoms. The molecule has 1 N–H and O–H groups in total. The molecule has 1 aromatic heterocycles. The van der Waals surface area contributed by atoms with Gasteiger partial charge in [0.1, 0.15) is 24.9 Å². The minimum atomic E-state index is 0.573. The van der Waals surface area contributed by atoms with Crippen molar-refractivity contribution < 1.29 is 18.9 Å². The van der Waals surface area contributed by atoms with E-state index in [1.807, 2.05) is 31.2 Å². The molecule has 5 rings (SSSR count). The quantitative estimate of drug-likeness (QED) is 0.449. The van der Waals surface area contributed by atoms with Gasteiger partial charge in [0, 0.05) is 18.0 Å². The molecule has 0 bridgehead atoms. The summed E-state index contributed by atoms with van der Waals surface area (Å²) in [5.41, 5.74) is 4.13. The molecule has 0 spiro atoms. The highest BCUT2D eigenvalue weighted by molar-refractivity contribution is 5.91. The molecule has 0 radical (unpaired) electrons. The molecule has 2 heterocycles. The van der Waals surface area contributed by atoms with Gasteiger partial charge in [-0.25, -0.2) is 9.97 Å². The number of nitrogens with one attached hydrogen (secondary N) is 1. The molecular formula is C26H25N3O4. The van der Waals surface area contributed by atoms with Crippen molar-refractivity contribution in [3.05, 3.63) is 66.0 Å². The second-order valence-corrected chi connectivity index (χ2v) is 7.76. The van der Waals surface area contributed by atoms with E-state index in [0.717, 1.165) is 44.9 Å². The topological polar surface area (TPSA) is 74.7 Å². The van der Waals surface area contributed by atoms with E-state index in [1.54, 1.807) is 14.2 Å². The SMILES string of the molecule is COc1cc2nc(C)nc(NCc3cccc(-c4ccc5c(c4)OCCO5)c3)c2cc1OC. The summed E-state index contributed by atoms with van der Waals surface area (Å²) < 4.78 is 22.3. The molecule has 0 aliphatic carbocycles. The number of aromatic nitrogens is 2. The summed E-state index contributed by atoms with van der Waals surface area (Å²) in [6, 6.07) is 18.2. The lowest BCUT2D eigenvalue weighted by Crippen LogP contribution is -2.15. The minimum Gasteiger partial charge on any atom is -0.493 e. The number of ether oxygens (including phenoxy) is 4. The van der Waals surface area contributed by atoms with E-state index >= 15 is 0 Å². The monoisotopic (exact) mass is 443 g/mol. The Morgan fingerprint density at radius 3 is 2.42 bits per heavy atom. The van der Waals surface area contributed by atoms with E-state index in [2.05, 4.69) is 45.6 Å². The Bertz CT molecular complexity index is 1320. The number of methoxy groups -OCH3 is 2. The summed E-state index contributed by atoms with van der Waals surface area (Å²) in [6.07, 6.45) is 0. The van der Waals surface area contributed by atoms with Crippen molar-refractivity contribution in [1.29, 1.82) is 0 Å². The summed E-state index contributed by atoms with van der Waals surface area (Å²) in [5.74, 6) is 4.29. The van der Waals surface area contributed by atoms with E-state index < -0.39 is 0 Å². The number of aryl methyl sites for hydroxylation is 1. The molecular weight excluding hydrogens is 418 g/mol. The Kier molecular flexibility index (Phi) is 5.60. The van der Waals surface area contributed by atoms with Crippen molar-refractivity contribution >= 4 is 16.7 Å². The second kappa shape index (κ2) is 8.86. The molecule has 1 aliphatic rings. The lowest BCUT2D eigenvalue weighted by molar-refractivity contribution is 0.171. The molecule has 1 aliphatic heterocycles. The molecule has 4 aromatic rings. The van der Waals surface area contributed by atoms with Gasteiger partial charge in [0.2, 0.25) is 0 Å². The maximum Gasteiger partial charge on any atom is 0.162 e. The molecule has 0 saturated heterocycles. The Hall–Kier alpha value is -4.00. The van der Waals surface area contributed by atoms with Crippen LogP contribution in [0.3, 0.4) is 0 Å². The van der Waals surface area contributed by atoms with Gasteiger partial charge >= 0.3 is 0 Å². The second-order valence-electron chi connectivity index (χ2n) is 7.76. The maximum absolute atomic E-state index is 5.74. The maximum atomic E-state index is 5.74. The number of benzene rings is 3. The van der Waals surface area contributed by atoms with Crippen molar-refractivity contribution in [3.8, 4) is 34.1 Å². The molecule has 0 atom stereocenters. The molecule has 3 aromatic carbocycles. The zero-order valence-electron chi connectivity index (χ0n) is 18.8. The van der Waals surface area contributed by atoms with Crippen LogP contribution in [0.5, 0.6) is 23.0 Å². The van der Waals surface area contributed by atoms with Crippen molar-refractivity contribution in [2.45, 2.75) is 13.5 Å². The van der Waals surface area contributed by atoms with Crippen LogP contribution < -0.4 is 24.3 Å². The van der Waals surface area contributed by atoms with Crippen molar-refractivity contribution in [2.24, 2.45) is 0 Å². The average Bonchev–Trinajstić information content (AvgIpc) is 2.86. The normalized spacial score (nSPS) is 12.5. The van der Waals surface area contributed by atoms with Gasteiger partial charge in [0.25, 0.3) is 0 Å².